The lowest BCUT2D eigenvalue weighted by Gasteiger charge is -2.46. The number of rotatable bonds is 11. The average Bonchev–Trinajstić information content (AvgIpc) is 2.80. The number of carbonyl (C=O) groups is 3. The highest BCUT2D eigenvalue weighted by molar-refractivity contribution is 5.87. The molecule has 1 heterocycles. The monoisotopic (exact) mass is 513 g/mol. The summed E-state index contributed by atoms with van der Waals surface area (Å²) in [5.41, 5.74) is 2.93. The van der Waals surface area contributed by atoms with Crippen LogP contribution >= 0.6 is 0 Å². The van der Waals surface area contributed by atoms with Crippen LogP contribution in [0.1, 0.15) is 104 Å². The number of aryl methyl sites for hydroxylation is 1. The van der Waals surface area contributed by atoms with E-state index in [1.165, 1.54) is 5.57 Å². The fourth-order valence-corrected chi connectivity index (χ4v) is 5.50. The van der Waals surface area contributed by atoms with E-state index in [0.717, 1.165) is 55.4 Å². The van der Waals surface area contributed by atoms with Gasteiger partial charge in [-0.1, -0.05) is 45.3 Å². The van der Waals surface area contributed by atoms with Crippen molar-refractivity contribution in [3.8, 4) is 11.5 Å². The summed E-state index contributed by atoms with van der Waals surface area (Å²) in [5, 5.41) is 11.6. The molecule has 1 aromatic carbocycles. The van der Waals surface area contributed by atoms with Crippen molar-refractivity contribution in [3.05, 3.63) is 34.9 Å². The normalized spacial score (nSPS) is 20.7. The molecular formula is C30H43NO6. The lowest BCUT2D eigenvalue weighted by molar-refractivity contribution is -0.141. The molecule has 0 saturated carbocycles. The Hall–Kier alpha value is -2.83. The molecule has 204 valence electrons. The minimum atomic E-state index is -1.06. The molecule has 7 heteroatoms. The number of carboxylic acid groups (broad SMARTS) is 1. The van der Waals surface area contributed by atoms with E-state index >= 15 is 0 Å². The number of hydrogen-bond acceptors (Lipinski definition) is 5. The number of unbranched alkanes of at least 4 members (excludes halogenated alkanes) is 2. The van der Waals surface area contributed by atoms with Gasteiger partial charge in [0.1, 0.15) is 23.1 Å². The van der Waals surface area contributed by atoms with Crippen molar-refractivity contribution in [1.82, 2.24) is 5.32 Å². The van der Waals surface area contributed by atoms with Crippen LogP contribution in [0.4, 0.5) is 0 Å². The first-order valence-electron chi connectivity index (χ1n) is 13.7. The van der Waals surface area contributed by atoms with E-state index < -0.39 is 23.9 Å². The van der Waals surface area contributed by atoms with Crippen LogP contribution in [0.25, 0.3) is 0 Å². The van der Waals surface area contributed by atoms with Crippen molar-refractivity contribution >= 4 is 17.8 Å². The molecule has 1 aromatic rings. The molecule has 0 aromatic heterocycles. The van der Waals surface area contributed by atoms with Gasteiger partial charge in [0.25, 0.3) is 0 Å². The predicted molar refractivity (Wildman–Crippen MR) is 143 cm³/mol. The largest absolute Gasteiger partial charge is 0.487 e. The van der Waals surface area contributed by atoms with Gasteiger partial charge < -0.3 is 19.9 Å². The number of benzene rings is 1. The van der Waals surface area contributed by atoms with Gasteiger partial charge in [-0.05, 0) is 70.1 Å². The minimum absolute atomic E-state index is 0.0719. The highest BCUT2D eigenvalue weighted by Crippen LogP contribution is 2.53. The van der Waals surface area contributed by atoms with Crippen LogP contribution in [0, 0.1) is 11.8 Å². The third kappa shape index (κ3) is 7.14. The lowest BCUT2D eigenvalue weighted by Crippen LogP contribution is -2.47. The number of nitrogens with one attached hydrogen (secondary N) is 1. The number of carbonyl (C=O) groups excluding carboxylic acids is 2. The molecule has 1 aliphatic carbocycles. The van der Waals surface area contributed by atoms with Crippen molar-refractivity contribution in [2.24, 2.45) is 11.8 Å². The summed E-state index contributed by atoms with van der Waals surface area (Å²) in [6.07, 6.45) is 7.95. The zero-order valence-electron chi connectivity index (χ0n) is 23.2. The molecule has 0 fully saturated rings. The average molecular weight is 514 g/mol. The number of ether oxygens (including phenoxy) is 2. The number of esters is 1. The van der Waals surface area contributed by atoms with E-state index in [1.807, 2.05) is 19.9 Å². The van der Waals surface area contributed by atoms with Gasteiger partial charge in [-0.3, -0.25) is 9.59 Å². The van der Waals surface area contributed by atoms with Crippen molar-refractivity contribution < 1.29 is 29.0 Å². The highest BCUT2D eigenvalue weighted by atomic mass is 16.5. The van der Waals surface area contributed by atoms with Crippen molar-refractivity contribution in [2.45, 2.75) is 110 Å². The summed E-state index contributed by atoms with van der Waals surface area (Å²) in [6, 6.07) is 3.18. The van der Waals surface area contributed by atoms with Gasteiger partial charge in [0.15, 0.2) is 0 Å². The van der Waals surface area contributed by atoms with E-state index in [2.05, 4.69) is 45.2 Å². The van der Waals surface area contributed by atoms with E-state index in [-0.39, 0.29) is 36.2 Å². The fourth-order valence-electron chi connectivity index (χ4n) is 5.50. The van der Waals surface area contributed by atoms with E-state index in [0.29, 0.717) is 5.75 Å². The van der Waals surface area contributed by atoms with Gasteiger partial charge in [-0.15, -0.1) is 0 Å². The van der Waals surface area contributed by atoms with Gasteiger partial charge in [0.2, 0.25) is 5.91 Å². The Labute approximate surface area is 221 Å². The van der Waals surface area contributed by atoms with Crippen LogP contribution in [-0.2, 0) is 20.8 Å². The Morgan fingerprint density at radius 1 is 1.19 bits per heavy atom. The lowest BCUT2D eigenvalue weighted by atomic mass is 9.68. The van der Waals surface area contributed by atoms with Gasteiger partial charge >= 0.3 is 11.9 Å². The molecular weight excluding hydrogens is 470 g/mol. The molecule has 0 spiro atoms. The van der Waals surface area contributed by atoms with Crippen LogP contribution in [0.15, 0.2) is 23.8 Å². The first-order chi connectivity index (χ1) is 17.4. The number of hydrogen-bond donors (Lipinski definition) is 2. The maximum absolute atomic E-state index is 13.4. The van der Waals surface area contributed by atoms with E-state index in [9.17, 15) is 14.4 Å². The summed E-state index contributed by atoms with van der Waals surface area (Å²) < 4.78 is 12.7. The quantitative estimate of drug-likeness (QED) is 0.164. The highest BCUT2D eigenvalue weighted by Gasteiger charge is 2.46. The third-order valence-electron chi connectivity index (χ3n) is 7.59. The van der Waals surface area contributed by atoms with Gasteiger partial charge in [-0.2, -0.15) is 0 Å². The maximum atomic E-state index is 13.4. The van der Waals surface area contributed by atoms with Gasteiger partial charge in [-0.25, -0.2) is 4.79 Å². The second-order valence-corrected chi connectivity index (χ2v) is 11.5. The van der Waals surface area contributed by atoms with Gasteiger partial charge in [0, 0.05) is 23.8 Å². The maximum Gasteiger partial charge on any atom is 0.334 e. The summed E-state index contributed by atoms with van der Waals surface area (Å²) in [4.78, 5) is 36.6. The second kappa shape index (κ2) is 12.1. The van der Waals surface area contributed by atoms with Crippen LogP contribution in [-0.4, -0.2) is 34.6 Å². The minimum Gasteiger partial charge on any atom is -0.487 e. The second-order valence-electron chi connectivity index (χ2n) is 11.5. The van der Waals surface area contributed by atoms with Gasteiger partial charge in [0.05, 0.1) is 6.42 Å². The Bertz CT molecular complexity index is 1040. The van der Waals surface area contributed by atoms with E-state index in [1.54, 1.807) is 0 Å². The molecule has 2 aliphatic rings. The zero-order chi connectivity index (χ0) is 27.3. The number of carboxylic acids is 1. The van der Waals surface area contributed by atoms with E-state index in [4.69, 9.17) is 14.6 Å². The fraction of sp³-hybridized carbons (Fsp3) is 0.633. The van der Waals surface area contributed by atoms with Crippen molar-refractivity contribution in [3.63, 3.8) is 0 Å². The summed E-state index contributed by atoms with van der Waals surface area (Å²) in [7, 11) is 0. The first kappa shape index (κ1) is 28.7. The molecule has 37 heavy (non-hydrogen) atoms. The Kier molecular flexibility index (Phi) is 9.43. The number of fused-ring (bicyclic) bond motifs is 3. The molecule has 0 radical (unpaired) electrons. The topological polar surface area (TPSA) is 102 Å². The molecule has 0 bridgehead atoms. The zero-order valence-corrected chi connectivity index (χ0v) is 23.2. The molecule has 0 saturated heterocycles. The number of amides is 1. The summed E-state index contributed by atoms with van der Waals surface area (Å²) in [6.45, 7) is 12.2. The summed E-state index contributed by atoms with van der Waals surface area (Å²) >= 11 is 0. The van der Waals surface area contributed by atoms with Crippen LogP contribution in [0.5, 0.6) is 11.5 Å². The standard InChI is InChI=1S/C30H43NO6/c1-7-8-9-10-20-16-23(36-29(35)28(18(2)3)31-25(32)13-14-26(33)34)27-21-15-19(4)11-12-22(21)30(5,6)37-24(27)17-20/h15-18,21-22,28H,7-14H2,1-6H3,(H,31,32)(H,33,34)/t21-,22-,28-/m1/s1. The first-order valence-corrected chi connectivity index (χ1v) is 13.7. The Morgan fingerprint density at radius 2 is 1.92 bits per heavy atom. The third-order valence-corrected chi connectivity index (χ3v) is 7.59. The van der Waals surface area contributed by atoms with Crippen LogP contribution in [0.3, 0.4) is 0 Å². The van der Waals surface area contributed by atoms with Crippen LogP contribution < -0.4 is 14.8 Å². The molecule has 0 unspecified atom stereocenters. The molecule has 3 rings (SSSR count). The Morgan fingerprint density at radius 3 is 2.57 bits per heavy atom. The SMILES string of the molecule is CCCCCc1cc(OC(=O)[C@H](NC(=O)CCC(=O)O)C(C)C)c2c(c1)OC(C)(C)[C@@H]1CCC(C)=C[C@@H]21. The molecule has 1 amide bonds. The van der Waals surface area contributed by atoms with Crippen molar-refractivity contribution in [1.29, 1.82) is 0 Å². The molecule has 1 aliphatic heterocycles. The summed E-state index contributed by atoms with van der Waals surface area (Å²) in [5.74, 6) is -0.736. The smallest absolute Gasteiger partial charge is 0.334 e. The van der Waals surface area contributed by atoms with Crippen molar-refractivity contribution in [2.75, 3.05) is 0 Å². The molecule has 2 N–H and O–H groups in total. The molecule has 7 nitrogen and oxygen atoms in total. The molecule has 3 atom stereocenters. The number of allylic oxidation sites excluding steroid dienone is 2. The Balaban J connectivity index is 1.97. The predicted octanol–water partition coefficient (Wildman–Crippen LogP) is 5.94. The van der Waals surface area contributed by atoms with Crippen LogP contribution in [0.2, 0.25) is 0 Å². The number of aliphatic carboxylic acids is 1.